The fraction of sp³-hybridized carbons (Fsp3) is 0.300. The highest BCUT2D eigenvalue weighted by Gasteiger charge is 2.12. The molecule has 0 bridgehead atoms. The van der Waals surface area contributed by atoms with Crippen molar-refractivity contribution in [2.75, 3.05) is 0 Å². The molecule has 2 rings (SSSR count). The molecule has 27 heavy (non-hydrogen) atoms. The van der Waals surface area contributed by atoms with Crippen LogP contribution >= 0.6 is 0 Å². The smallest absolute Gasteiger partial charge is 0.307 e. The number of hydrogen-bond donors (Lipinski definition) is 0. The molecule has 1 aromatic heterocycles. The second kappa shape index (κ2) is 10.7. The van der Waals surface area contributed by atoms with Crippen LogP contribution in [-0.2, 0) is 14.4 Å². The number of carbonyl (C=O) groups excluding carboxylic acids is 1. The first-order valence-corrected chi connectivity index (χ1v) is 8.73. The number of pyridine rings is 1. The van der Waals surface area contributed by atoms with Gasteiger partial charge < -0.3 is 4.74 Å². The van der Waals surface area contributed by atoms with Crippen LogP contribution in [0.2, 0.25) is 0 Å². The first-order chi connectivity index (χ1) is 13.1. The summed E-state index contributed by atoms with van der Waals surface area (Å²) in [7, 11) is 0. The van der Waals surface area contributed by atoms with Gasteiger partial charge in [0.25, 0.3) is 5.09 Å². The largest absolute Gasteiger partial charge is 0.435 e. The number of hydrogen-bond acceptors (Lipinski definition) is 6. The van der Waals surface area contributed by atoms with Gasteiger partial charge in [-0.1, -0.05) is 42.5 Å². The number of carbonyl (C=O) groups is 1. The molecule has 7 heteroatoms. The Bertz CT molecular complexity index is 721. The minimum absolute atomic E-state index is 0.187. The molecule has 0 aliphatic heterocycles. The van der Waals surface area contributed by atoms with E-state index in [4.69, 9.17) is 4.74 Å². The highest BCUT2D eigenvalue weighted by Crippen LogP contribution is 2.23. The number of esters is 1. The number of unbranched alkanes of at least 4 members (excludes halogenated alkanes) is 2. The van der Waals surface area contributed by atoms with Gasteiger partial charge >= 0.3 is 5.97 Å². The Balaban J connectivity index is 1.87. The van der Waals surface area contributed by atoms with Gasteiger partial charge in [-0.05, 0) is 43.4 Å². The third kappa shape index (κ3) is 7.27. The molecule has 0 saturated heterocycles. The molecular formula is C20H22N2O5. The van der Waals surface area contributed by atoms with Crippen LogP contribution in [0.3, 0.4) is 0 Å². The third-order valence-corrected chi connectivity index (χ3v) is 3.77. The summed E-state index contributed by atoms with van der Waals surface area (Å²) in [4.78, 5) is 30.1. The Morgan fingerprint density at radius 3 is 2.59 bits per heavy atom. The summed E-state index contributed by atoms with van der Waals surface area (Å²) in [6.45, 7) is 1.31. The van der Waals surface area contributed by atoms with Crippen LogP contribution in [0.1, 0.15) is 43.7 Å². The Morgan fingerprint density at radius 1 is 1.19 bits per heavy atom. The lowest BCUT2D eigenvalue weighted by atomic mass is 9.97. The summed E-state index contributed by atoms with van der Waals surface area (Å²) in [5.74, 6) is -0.510. The molecule has 1 unspecified atom stereocenters. The standard InChI is InChI=1S/C20H22N2O5/c1-16(27-22(24)25)26-20(23)13-7-3-6-12-19(17-9-4-2-5-10-17)18-11-8-14-21-15-18/h2,4-5,8-12,14-16H,3,6-7,13H2,1H3/b19-12+. The maximum absolute atomic E-state index is 11.6. The van der Waals surface area contributed by atoms with E-state index in [-0.39, 0.29) is 6.42 Å². The molecule has 0 saturated carbocycles. The fourth-order valence-electron chi connectivity index (χ4n) is 2.59. The summed E-state index contributed by atoms with van der Waals surface area (Å²) >= 11 is 0. The first kappa shape index (κ1) is 20.1. The maximum atomic E-state index is 11.6. The van der Waals surface area contributed by atoms with Crippen LogP contribution in [0.15, 0.2) is 60.9 Å². The van der Waals surface area contributed by atoms with Gasteiger partial charge in [-0.15, -0.1) is 10.1 Å². The van der Waals surface area contributed by atoms with Gasteiger partial charge in [-0.25, -0.2) is 0 Å². The molecule has 0 fully saturated rings. The summed E-state index contributed by atoms with van der Waals surface area (Å²) < 4.78 is 4.80. The maximum Gasteiger partial charge on any atom is 0.307 e. The van der Waals surface area contributed by atoms with Gasteiger partial charge in [0.1, 0.15) is 0 Å². The molecule has 7 nitrogen and oxygen atoms in total. The lowest BCUT2D eigenvalue weighted by molar-refractivity contribution is -0.777. The minimum Gasteiger partial charge on any atom is -0.435 e. The summed E-state index contributed by atoms with van der Waals surface area (Å²) in [6, 6.07) is 14.0. The zero-order valence-corrected chi connectivity index (χ0v) is 15.1. The van der Waals surface area contributed by atoms with Crippen LogP contribution in [0.25, 0.3) is 5.57 Å². The Labute approximate surface area is 157 Å². The number of nitrogens with zero attached hydrogens (tertiary/aromatic N) is 2. The molecule has 2 aromatic rings. The molecule has 0 N–H and O–H groups in total. The number of allylic oxidation sites excluding steroid dienone is 1. The van der Waals surface area contributed by atoms with Crippen LogP contribution in [-0.4, -0.2) is 22.3 Å². The molecule has 0 aliphatic rings. The van der Waals surface area contributed by atoms with Gasteiger partial charge in [0, 0.05) is 24.4 Å². The van der Waals surface area contributed by atoms with Crippen molar-refractivity contribution in [1.82, 2.24) is 4.98 Å². The lowest BCUT2D eigenvalue weighted by Crippen LogP contribution is -2.20. The van der Waals surface area contributed by atoms with Gasteiger partial charge in [-0.2, -0.15) is 0 Å². The van der Waals surface area contributed by atoms with Crippen molar-refractivity contribution >= 4 is 11.5 Å². The van der Waals surface area contributed by atoms with E-state index in [0.29, 0.717) is 6.42 Å². The molecule has 1 aromatic carbocycles. The normalized spacial score (nSPS) is 12.3. The highest BCUT2D eigenvalue weighted by molar-refractivity contribution is 5.79. The van der Waals surface area contributed by atoms with Crippen molar-refractivity contribution in [1.29, 1.82) is 0 Å². The molecule has 1 heterocycles. The Hall–Kier alpha value is -3.22. The van der Waals surface area contributed by atoms with Crippen molar-refractivity contribution in [3.63, 3.8) is 0 Å². The second-order valence-corrected chi connectivity index (χ2v) is 5.86. The van der Waals surface area contributed by atoms with Crippen LogP contribution in [0.4, 0.5) is 0 Å². The Kier molecular flexibility index (Phi) is 7.96. The number of benzene rings is 1. The van der Waals surface area contributed by atoms with Gasteiger partial charge in [0.15, 0.2) is 0 Å². The summed E-state index contributed by atoms with van der Waals surface area (Å²) in [5, 5.41) is 9.19. The van der Waals surface area contributed by atoms with Crippen molar-refractivity contribution in [2.45, 2.75) is 38.9 Å². The minimum atomic E-state index is -1.19. The van der Waals surface area contributed by atoms with Gasteiger partial charge in [0.2, 0.25) is 6.29 Å². The molecule has 0 aliphatic carbocycles. The molecule has 0 radical (unpaired) electrons. The third-order valence-electron chi connectivity index (χ3n) is 3.77. The molecule has 0 amide bonds. The van der Waals surface area contributed by atoms with Crippen LogP contribution in [0, 0.1) is 10.1 Å². The van der Waals surface area contributed by atoms with E-state index in [2.05, 4.69) is 15.9 Å². The summed E-state index contributed by atoms with van der Waals surface area (Å²) in [5.41, 5.74) is 3.24. The average molecular weight is 370 g/mol. The quantitative estimate of drug-likeness (QED) is 0.205. The topological polar surface area (TPSA) is 91.6 Å². The van der Waals surface area contributed by atoms with Gasteiger partial charge in [0.05, 0.1) is 0 Å². The van der Waals surface area contributed by atoms with Gasteiger partial charge in [-0.3, -0.25) is 14.6 Å². The number of aromatic nitrogens is 1. The second-order valence-electron chi connectivity index (χ2n) is 5.86. The fourth-order valence-corrected chi connectivity index (χ4v) is 2.59. The predicted molar refractivity (Wildman–Crippen MR) is 99.9 cm³/mol. The van der Waals surface area contributed by atoms with E-state index in [9.17, 15) is 14.9 Å². The first-order valence-electron chi connectivity index (χ1n) is 8.73. The molecular weight excluding hydrogens is 348 g/mol. The van der Waals surface area contributed by atoms with E-state index in [1.165, 1.54) is 6.92 Å². The zero-order valence-electron chi connectivity index (χ0n) is 15.1. The van der Waals surface area contributed by atoms with Crippen molar-refractivity contribution in [3.05, 3.63) is 82.2 Å². The summed E-state index contributed by atoms with van der Waals surface area (Å²) in [6.07, 6.45) is 6.89. The zero-order chi connectivity index (χ0) is 19.5. The highest BCUT2D eigenvalue weighted by atomic mass is 17.0. The predicted octanol–water partition coefficient (Wildman–Crippen LogP) is 4.17. The lowest BCUT2D eigenvalue weighted by Gasteiger charge is -2.10. The average Bonchev–Trinajstić information content (AvgIpc) is 2.65. The number of ether oxygens (including phenoxy) is 1. The SMILES string of the molecule is CC(OC(=O)CCCC/C=C(\c1ccccc1)c1cccnc1)O[N+](=O)[O-]. The molecule has 1 atom stereocenters. The van der Waals surface area contributed by atoms with Crippen LogP contribution < -0.4 is 0 Å². The Morgan fingerprint density at radius 2 is 1.93 bits per heavy atom. The number of rotatable bonds is 10. The van der Waals surface area contributed by atoms with E-state index >= 15 is 0 Å². The van der Waals surface area contributed by atoms with Crippen LogP contribution in [0.5, 0.6) is 0 Å². The van der Waals surface area contributed by atoms with E-state index < -0.39 is 17.3 Å². The van der Waals surface area contributed by atoms with E-state index in [1.807, 2.05) is 48.7 Å². The van der Waals surface area contributed by atoms with E-state index in [0.717, 1.165) is 29.5 Å². The van der Waals surface area contributed by atoms with Crippen molar-refractivity contribution in [2.24, 2.45) is 0 Å². The molecule has 0 spiro atoms. The molecule has 142 valence electrons. The monoisotopic (exact) mass is 370 g/mol. The van der Waals surface area contributed by atoms with Crippen molar-refractivity contribution in [3.8, 4) is 0 Å². The van der Waals surface area contributed by atoms with E-state index in [1.54, 1.807) is 6.20 Å². The van der Waals surface area contributed by atoms with Crippen molar-refractivity contribution < 1.29 is 19.5 Å².